The maximum atomic E-state index is 13.2. The molecule has 2 atom stereocenters. The highest BCUT2D eigenvalue weighted by molar-refractivity contribution is 7.89. The molecule has 2 rings (SSSR count). The Morgan fingerprint density at radius 3 is 2.16 bits per heavy atom. The zero-order valence-electron chi connectivity index (χ0n) is 19.2. The predicted molar refractivity (Wildman–Crippen MR) is 119 cm³/mol. The average Bonchev–Trinajstić information content (AvgIpc) is 2.71. The average molecular weight is 463 g/mol. The van der Waals surface area contributed by atoms with Crippen LogP contribution in [0.3, 0.4) is 0 Å². The highest BCUT2D eigenvalue weighted by atomic mass is 32.2. The lowest BCUT2D eigenvalue weighted by molar-refractivity contribution is -0.162. The summed E-state index contributed by atoms with van der Waals surface area (Å²) in [6.07, 6.45) is 3.09. The molecule has 1 aromatic heterocycles. The predicted octanol–water partition coefficient (Wildman–Crippen LogP) is 3.50. The second-order valence-corrected chi connectivity index (χ2v) is 10.4. The lowest BCUT2D eigenvalue weighted by Crippen LogP contribution is -2.41. The van der Waals surface area contributed by atoms with E-state index >= 15 is 0 Å². The Labute approximate surface area is 189 Å². The number of carbonyl (C=O) groups excluding carboxylic acids is 2. The van der Waals surface area contributed by atoms with E-state index in [0.717, 1.165) is 0 Å². The number of carbonyl (C=O) groups is 2. The molecule has 0 aliphatic rings. The number of hydrogen-bond donors (Lipinski definition) is 1. The Morgan fingerprint density at radius 1 is 1.06 bits per heavy atom. The minimum atomic E-state index is -4.05. The van der Waals surface area contributed by atoms with Crippen LogP contribution in [-0.4, -0.2) is 38.1 Å². The van der Waals surface area contributed by atoms with Crippen LogP contribution < -0.4 is 4.72 Å². The van der Waals surface area contributed by atoms with Crippen LogP contribution in [0.15, 0.2) is 53.7 Å². The monoisotopic (exact) mass is 462 g/mol. The summed E-state index contributed by atoms with van der Waals surface area (Å²) < 4.78 is 39.3. The molecular weight excluding hydrogens is 432 g/mol. The molecule has 1 N–H and O–H groups in total. The SMILES string of the molecule is COC(=O)c1ccc(S(=O)(=O)NC(c2cccnc2)C(C(=O)OC(C)(C)C)C(C)C)cc1. The van der Waals surface area contributed by atoms with E-state index in [0.29, 0.717) is 5.56 Å². The van der Waals surface area contributed by atoms with Crippen LogP contribution in [0, 0.1) is 11.8 Å². The van der Waals surface area contributed by atoms with Gasteiger partial charge >= 0.3 is 11.9 Å². The van der Waals surface area contributed by atoms with E-state index in [2.05, 4.69) is 14.4 Å². The molecule has 2 unspecified atom stereocenters. The van der Waals surface area contributed by atoms with Gasteiger partial charge in [-0.15, -0.1) is 0 Å². The fourth-order valence-electron chi connectivity index (χ4n) is 3.19. The Hall–Kier alpha value is -2.78. The summed E-state index contributed by atoms with van der Waals surface area (Å²) in [5.74, 6) is -2.12. The lowest BCUT2D eigenvalue weighted by atomic mass is 9.85. The maximum Gasteiger partial charge on any atom is 0.337 e. The second-order valence-electron chi connectivity index (χ2n) is 8.70. The first-order chi connectivity index (χ1) is 14.9. The number of sulfonamides is 1. The van der Waals surface area contributed by atoms with Crippen molar-refractivity contribution >= 4 is 22.0 Å². The molecule has 0 aliphatic carbocycles. The van der Waals surface area contributed by atoms with Gasteiger partial charge in [-0.25, -0.2) is 17.9 Å². The van der Waals surface area contributed by atoms with E-state index in [-0.39, 0.29) is 16.4 Å². The highest BCUT2D eigenvalue weighted by Gasteiger charge is 2.38. The quantitative estimate of drug-likeness (QED) is 0.598. The lowest BCUT2D eigenvalue weighted by Gasteiger charge is -2.32. The van der Waals surface area contributed by atoms with Crippen molar-refractivity contribution in [2.75, 3.05) is 7.11 Å². The van der Waals surface area contributed by atoms with Gasteiger partial charge in [0.25, 0.3) is 0 Å². The van der Waals surface area contributed by atoms with Crippen molar-refractivity contribution in [2.24, 2.45) is 11.8 Å². The minimum absolute atomic E-state index is 0.0502. The van der Waals surface area contributed by atoms with Crippen molar-refractivity contribution in [1.82, 2.24) is 9.71 Å². The van der Waals surface area contributed by atoms with Crippen molar-refractivity contribution in [2.45, 2.75) is 51.2 Å². The van der Waals surface area contributed by atoms with Crippen molar-refractivity contribution in [3.63, 3.8) is 0 Å². The topological polar surface area (TPSA) is 112 Å². The van der Waals surface area contributed by atoms with Crippen LogP contribution in [-0.2, 0) is 24.3 Å². The summed E-state index contributed by atoms with van der Waals surface area (Å²) >= 11 is 0. The number of ether oxygens (including phenoxy) is 2. The highest BCUT2D eigenvalue weighted by Crippen LogP contribution is 2.32. The van der Waals surface area contributed by atoms with Crippen LogP contribution in [0.1, 0.15) is 56.6 Å². The van der Waals surface area contributed by atoms with E-state index in [1.165, 1.54) is 37.6 Å². The van der Waals surface area contributed by atoms with E-state index in [9.17, 15) is 18.0 Å². The van der Waals surface area contributed by atoms with Gasteiger partial charge in [0.05, 0.1) is 29.5 Å². The van der Waals surface area contributed by atoms with Gasteiger partial charge < -0.3 is 9.47 Å². The Kier molecular flexibility index (Phi) is 8.14. The van der Waals surface area contributed by atoms with E-state index in [4.69, 9.17) is 4.74 Å². The second kappa shape index (κ2) is 10.2. The summed E-state index contributed by atoms with van der Waals surface area (Å²) in [5, 5.41) is 0. The number of esters is 2. The summed E-state index contributed by atoms with van der Waals surface area (Å²) in [6.45, 7) is 8.94. The summed E-state index contributed by atoms with van der Waals surface area (Å²) in [4.78, 5) is 28.7. The number of pyridine rings is 1. The third-order valence-corrected chi connectivity index (χ3v) is 6.12. The third kappa shape index (κ3) is 6.61. The Morgan fingerprint density at radius 2 is 1.69 bits per heavy atom. The van der Waals surface area contributed by atoms with Gasteiger partial charge in [0.1, 0.15) is 5.60 Å². The fourth-order valence-corrected chi connectivity index (χ4v) is 4.44. The minimum Gasteiger partial charge on any atom is -0.465 e. The van der Waals surface area contributed by atoms with Crippen LogP contribution in [0.5, 0.6) is 0 Å². The van der Waals surface area contributed by atoms with Gasteiger partial charge in [0.15, 0.2) is 0 Å². The number of methoxy groups -OCH3 is 1. The Balaban J connectivity index is 2.46. The van der Waals surface area contributed by atoms with E-state index < -0.39 is 39.5 Å². The molecule has 0 fully saturated rings. The van der Waals surface area contributed by atoms with Gasteiger partial charge in [-0.1, -0.05) is 19.9 Å². The van der Waals surface area contributed by atoms with Gasteiger partial charge in [-0.2, -0.15) is 0 Å². The largest absolute Gasteiger partial charge is 0.465 e. The summed E-state index contributed by atoms with van der Waals surface area (Å²) in [5.41, 5.74) is 0.0302. The molecule has 0 spiro atoms. The maximum absolute atomic E-state index is 13.2. The van der Waals surface area contributed by atoms with Gasteiger partial charge in [-0.05, 0) is 62.6 Å². The normalized spacial score (nSPS) is 14.0. The first-order valence-electron chi connectivity index (χ1n) is 10.2. The molecule has 0 radical (unpaired) electrons. The number of hydrogen-bond acceptors (Lipinski definition) is 7. The zero-order chi connectivity index (χ0) is 24.1. The first-order valence-corrected chi connectivity index (χ1v) is 11.7. The van der Waals surface area contributed by atoms with Gasteiger partial charge in [0.2, 0.25) is 10.0 Å². The van der Waals surface area contributed by atoms with E-state index in [1.807, 2.05) is 13.8 Å². The molecular formula is C23H30N2O6S. The van der Waals surface area contributed by atoms with Crippen molar-refractivity contribution in [3.05, 3.63) is 59.9 Å². The van der Waals surface area contributed by atoms with Crippen molar-refractivity contribution in [3.8, 4) is 0 Å². The summed E-state index contributed by atoms with van der Waals surface area (Å²) in [7, 11) is -2.80. The molecule has 9 heteroatoms. The molecule has 1 aromatic carbocycles. The molecule has 0 saturated carbocycles. The molecule has 32 heavy (non-hydrogen) atoms. The molecule has 8 nitrogen and oxygen atoms in total. The Bertz CT molecular complexity index is 1030. The number of nitrogens with one attached hydrogen (secondary N) is 1. The van der Waals surface area contributed by atoms with Crippen molar-refractivity contribution < 1.29 is 27.5 Å². The third-order valence-electron chi connectivity index (χ3n) is 4.67. The molecule has 2 aromatic rings. The molecule has 0 amide bonds. The van der Waals surface area contributed by atoms with E-state index in [1.54, 1.807) is 39.1 Å². The molecule has 0 aliphatic heterocycles. The van der Waals surface area contributed by atoms with Crippen LogP contribution in [0.2, 0.25) is 0 Å². The molecule has 0 saturated heterocycles. The van der Waals surface area contributed by atoms with Crippen LogP contribution in [0.4, 0.5) is 0 Å². The summed E-state index contributed by atoms with van der Waals surface area (Å²) in [6, 6.07) is 7.83. The van der Waals surface area contributed by atoms with Crippen molar-refractivity contribution in [1.29, 1.82) is 0 Å². The zero-order valence-corrected chi connectivity index (χ0v) is 20.0. The fraction of sp³-hybridized carbons (Fsp3) is 0.435. The number of aromatic nitrogens is 1. The number of nitrogens with zero attached hydrogens (tertiary/aromatic N) is 1. The van der Waals surface area contributed by atoms with Crippen LogP contribution >= 0.6 is 0 Å². The van der Waals surface area contributed by atoms with Crippen LogP contribution in [0.25, 0.3) is 0 Å². The number of rotatable bonds is 8. The molecule has 174 valence electrons. The standard InChI is InChI=1S/C23H30N2O6S/c1-15(2)19(22(27)31-23(3,4)5)20(17-8-7-13-24-14-17)25-32(28,29)18-11-9-16(10-12-18)21(26)30-6/h7-15,19-20,25H,1-6H3. The van der Waals surface area contributed by atoms with Gasteiger partial charge in [-0.3, -0.25) is 9.78 Å². The first kappa shape index (κ1) is 25.5. The number of benzene rings is 1. The smallest absolute Gasteiger partial charge is 0.337 e. The van der Waals surface area contributed by atoms with Gasteiger partial charge in [0, 0.05) is 12.4 Å². The molecule has 1 heterocycles. The molecule has 0 bridgehead atoms.